The second-order valence-electron chi connectivity index (χ2n) is 4.98. The lowest BCUT2D eigenvalue weighted by Gasteiger charge is -2.33. The van der Waals surface area contributed by atoms with Gasteiger partial charge in [-0.3, -0.25) is 10.1 Å². The summed E-state index contributed by atoms with van der Waals surface area (Å²) in [6.45, 7) is 1.79. The molecule has 1 aromatic rings. The fourth-order valence-electron chi connectivity index (χ4n) is 2.28. The van der Waals surface area contributed by atoms with E-state index in [-0.39, 0.29) is 13.0 Å². The summed E-state index contributed by atoms with van der Waals surface area (Å²) >= 11 is 0. The average Bonchev–Trinajstić information content (AvgIpc) is 2.47. The first-order valence-electron chi connectivity index (χ1n) is 6.51. The van der Waals surface area contributed by atoms with E-state index in [2.05, 4.69) is 0 Å². The maximum absolute atomic E-state index is 11.6. The molecule has 0 bridgehead atoms. The Kier molecular flexibility index (Phi) is 4.07. The Bertz CT molecular complexity index is 609. The number of hydrogen-bond donors (Lipinski definition) is 1. The molecular weight excluding hydrogens is 272 g/mol. The molecule has 6 heteroatoms. The van der Waals surface area contributed by atoms with Crippen LogP contribution in [0.15, 0.2) is 54.1 Å². The zero-order chi connectivity index (χ0) is 15.5. The summed E-state index contributed by atoms with van der Waals surface area (Å²) in [6.07, 6.45) is 3.35. The van der Waals surface area contributed by atoms with E-state index in [0.29, 0.717) is 5.56 Å². The fourth-order valence-corrected chi connectivity index (χ4v) is 2.28. The van der Waals surface area contributed by atoms with E-state index in [0.717, 1.165) is 10.5 Å². The molecule has 0 heterocycles. The van der Waals surface area contributed by atoms with Crippen molar-refractivity contribution in [1.29, 1.82) is 0 Å². The van der Waals surface area contributed by atoms with Gasteiger partial charge in [-0.25, -0.2) is 9.69 Å². The SMILES string of the molecule is CC1=CCC(N(Cc2ccccc2)C(=O)O)([N+](=O)[O-])C=C1. The number of amides is 1. The fraction of sp³-hybridized carbons (Fsp3) is 0.267. The highest BCUT2D eigenvalue weighted by atomic mass is 16.6. The smallest absolute Gasteiger partial charge is 0.413 e. The highest BCUT2D eigenvalue weighted by molar-refractivity contribution is 5.66. The molecule has 6 nitrogen and oxygen atoms in total. The van der Waals surface area contributed by atoms with Crippen LogP contribution < -0.4 is 0 Å². The second kappa shape index (κ2) is 5.78. The van der Waals surface area contributed by atoms with E-state index in [1.54, 1.807) is 36.4 Å². The van der Waals surface area contributed by atoms with Gasteiger partial charge in [-0.2, -0.15) is 0 Å². The first-order chi connectivity index (χ1) is 9.95. The third-order valence-corrected chi connectivity index (χ3v) is 3.54. The van der Waals surface area contributed by atoms with Crippen LogP contribution in [0.4, 0.5) is 4.79 Å². The van der Waals surface area contributed by atoms with Gasteiger partial charge in [-0.15, -0.1) is 0 Å². The van der Waals surface area contributed by atoms with Crippen molar-refractivity contribution in [3.63, 3.8) is 0 Å². The van der Waals surface area contributed by atoms with E-state index in [9.17, 15) is 20.0 Å². The molecule has 21 heavy (non-hydrogen) atoms. The van der Waals surface area contributed by atoms with E-state index >= 15 is 0 Å². The van der Waals surface area contributed by atoms with Crippen LogP contribution in [-0.2, 0) is 6.54 Å². The van der Waals surface area contributed by atoms with Crippen molar-refractivity contribution in [1.82, 2.24) is 4.90 Å². The summed E-state index contributed by atoms with van der Waals surface area (Å²) < 4.78 is 0. The maximum atomic E-state index is 11.6. The highest BCUT2D eigenvalue weighted by Gasteiger charge is 2.49. The van der Waals surface area contributed by atoms with Crippen LogP contribution in [0, 0.1) is 10.1 Å². The van der Waals surface area contributed by atoms with Crippen LogP contribution >= 0.6 is 0 Å². The van der Waals surface area contributed by atoms with Crippen LogP contribution in [0.5, 0.6) is 0 Å². The summed E-state index contributed by atoms with van der Waals surface area (Å²) in [7, 11) is 0. The Labute approximate surface area is 122 Å². The topological polar surface area (TPSA) is 83.7 Å². The minimum atomic E-state index is -1.75. The van der Waals surface area contributed by atoms with Gasteiger partial charge in [0.05, 0.1) is 17.9 Å². The minimum Gasteiger partial charge on any atom is -0.465 e. The predicted octanol–water partition coefficient (Wildman–Crippen LogP) is 3.05. The molecule has 0 aliphatic heterocycles. The number of allylic oxidation sites excluding steroid dienone is 2. The van der Waals surface area contributed by atoms with Gasteiger partial charge in [0.25, 0.3) is 0 Å². The van der Waals surface area contributed by atoms with Crippen LogP contribution in [0.2, 0.25) is 0 Å². The van der Waals surface area contributed by atoms with Gasteiger partial charge in [0.15, 0.2) is 0 Å². The quantitative estimate of drug-likeness (QED) is 0.524. The minimum absolute atomic E-state index is 0.0292. The van der Waals surface area contributed by atoms with Gasteiger partial charge in [-0.05, 0) is 12.5 Å². The molecule has 1 atom stereocenters. The number of benzene rings is 1. The van der Waals surface area contributed by atoms with E-state index < -0.39 is 16.7 Å². The van der Waals surface area contributed by atoms with Crippen molar-refractivity contribution >= 4 is 6.09 Å². The third kappa shape index (κ3) is 2.94. The number of rotatable bonds is 4. The van der Waals surface area contributed by atoms with Gasteiger partial charge in [-0.1, -0.05) is 48.1 Å². The Morgan fingerprint density at radius 3 is 2.57 bits per heavy atom. The summed E-state index contributed by atoms with van der Waals surface area (Å²) in [5, 5.41) is 21.0. The normalized spacial score (nSPS) is 20.7. The molecule has 0 fully saturated rings. The zero-order valence-electron chi connectivity index (χ0n) is 11.6. The largest absolute Gasteiger partial charge is 0.465 e. The van der Waals surface area contributed by atoms with Gasteiger partial charge >= 0.3 is 11.8 Å². The predicted molar refractivity (Wildman–Crippen MR) is 77.2 cm³/mol. The molecule has 0 radical (unpaired) electrons. The molecule has 0 spiro atoms. The van der Waals surface area contributed by atoms with E-state index in [1.807, 2.05) is 13.0 Å². The molecule has 2 rings (SSSR count). The Morgan fingerprint density at radius 2 is 2.10 bits per heavy atom. The molecule has 0 aromatic heterocycles. The van der Waals surface area contributed by atoms with Gasteiger partial charge < -0.3 is 5.11 Å². The molecule has 1 amide bonds. The molecule has 1 aliphatic rings. The number of nitro groups is 1. The monoisotopic (exact) mass is 288 g/mol. The lowest BCUT2D eigenvalue weighted by atomic mass is 9.95. The van der Waals surface area contributed by atoms with Crippen LogP contribution in [0.25, 0.3) is 0 Å². The number of carboxylic acid groups (broad SMARTS) is 1. The van der Waals surface area contributed by atoms with Crippen LogP contribution in [0.3, 0.4) is 0 Å². The zero-order valence-corrected chi connectivity index (χ0v) is 11.6. The summed E-state index contributed by atoms with van der Waals surface area (Å²) in [5.74, 6) is 0. The summed E-state index contributed by atoms with van der Waals surface area (Å²) in [5.41, 5.74) is -0.153. The number of hydrogen-bond acceptors (Lipinski definition) is 3. The summed E-state index contributed by atoms with van der Waals surface area (Å²) in [4.78, 5) is 23.4. The standard InChI is InChI=1S/C15H16N2O4/c1-12-7-9-15(10-8-12,17(20)21)16(14(18)19)11-13-5-3-2-4-6-13/h2-9H,10-11H2,1H3,(H,18,19). The van der Waals surface area contributed by atoms with Crippen molar-refractivity contribution in [2.24, 2.45) is 0 Å². The van der Waals surface area contributed by atoms with Crippen molar-refractivity contribution < 1.29 is 14.8 Å². The van der Waals surface area contributed by atoms with Crippen molar-refractivity contribution in [3.8, 4) is 0 Å². The molecule has 1 unspecified atom stereocenters. The molecule has 1 N–H and O–H groups in total. The Balaban J connectivity index is 2.37. The first kappa shape index (κ1) is 14.8. The van der Waals surface area contributed by atoms with Crippen molar-refractivity contribution in [3.05, 3.63) is 69.8 Å². The van der Waals surface area contributed by atoms with Gasteiger partial charge in [0, 0.05) is 6.08 Å². The Morgan fingerprint density at radius 1 is 1.43 bits per heavy atom. The highest BCUT2D eigenvalue weighted by Crippen LogP contribution is 2.30. The number of nitrogens with zero attached hydrogens (tertiary/aromatic N) is 2. The molecule has 1 aromatic carbocycles. The molecule has 0 saturated carbocycles. The van der Waals surface area contributed by atoms with Crippen molar-refractivity contribution in [2.45, 2.75) is 25.6 Å². The number of carbonyl (C=O) groups is 1. The lowest BCUT2D eigenvalue weighted by molar-refractivity contribution is -0.581. The Hall–Kier alpha value is -2.63. The van der Waals surface area contributed by atoms with Gasteiger partial charge in [0.1, 0.15) is 0 Å². The van der Waals surface area contributed by atoms with Crippen LogP contribution in [-0.4, -0.2) is 26.7 Å². The lowest BCUT2D eigenvalue weighted by Crippen LogP contribution is -2.55. The first-order valence-corrected chi connectivity index (χ1v) is 6.51. The molecule has 110 valence electrons. The molecular formula is C15H16N2O4. The van der Waals surface area contributed by atoms with E-state index in [4.69, 9.17) is 0 Å². The van der Waals surface area contributed by atoms with Crippen molar-refractivity contribution in [2.75, 3.05) is 0 Å². The van der Waals surface area contributed by atoms with E-state index in [1.165, 1.54) is 6.08 Å². The molecule has 1 aliphatic carbocycles. The second-order valence-corrected chi connectivity index (χ2v) is 4.98. The van der Waals surface area contributed by atoms with Gasteiger partial charge in [0.2, 0.25) is 0 Å². The average molecular weight is 288 g/mol. The third-order valence-electron chi connectivity index (χ3n) is 3.54. The maximum Gasteiger partial charge on any atom is 0.413 e. The van der Waals surface area contributed by atoms with Crippen LogP contribution in [0.1, 0.15) is 18.9 Å². The molecule has 0 saturated heterocycles. The summed E-state index contributed by atoms with van der Waals surface area (Å²) in [6, 6.07) is 8.85.